The van der Waals surface area contributed by atoms with Crippen LogP contribution in [0.4, 0.5) is 5.69 Å². The summed E-state index contributed by atoms with van der Waals surface area (Å²) in [6.07, 6.45) is 0. The molecule has 0 radical (unpaired) electrons. The number of nitrogens with zero attached hydrogens (tertiary/aromatic N) is 1. The summed E-state index contributed by atoms with van der Waals surface area (Å²) in [5, 5.41) is 10.2. The third kappa shape index (κ3) is 8.61. The summed E-state index contributed by atoms with van der Waals surface area (Å²) in [6, 6.07) is 6.45. The van der Waals surface area contributed by atoms with E-state index < -0.39 is 13.2 Å². The van der Waals surface area contributed by atoms with Crippen LogP contribution >= 0.6 is 37.3 Å². The first-order chi connectivity index (χ1) is 6.72. The van der Waals surface area contributed by atoms with Crippen LogP contribution in [0.5, 0.6) is 0 Å². The first-order valence-electron chi connectivity index (χ1n) is 3.25. The Morgan fingerprint density at radius 1 is 1.27 bits per heavy atom. The lowest BCUT2D eigenvalue weighted by molar-refractivity contribution is -0.385. The minimum absolute atomic E-state index is 0.0995. The van der Waals surface area contributed by atoms with E-state index in [1.54, 1.807) is 18.2 Å². The van der Waals surface area contributed by atoms with Crippen molar-refractivity contribution in [3.8, 4) is 0 Å². The molecule has 0 aromatic heterocycles. The molecule has 0 bridgehead atoms. The molecule has 9 heteroatoms. The van der Waals surface area contributed by atoms with E-state index in [0.29, 0.717) is 4.47 Å². The minimum atomic E-state index is -3.72. The van der Waals surface area contributed by atoms with E-state index >= 15 is 0 Å². The molecule has 0 fully saturated rings. The van der Waals surface area contributed by atoms with Crippen LogP contribution in [0.25, 0.3) is 0 Å². The molecule has 1 aromatic carbocycles. The molecule has 0 unspecified atom stereocenters. The standard InChI is InChI=1S/C6H4BrNO2.Cl2O2S/c7-5-3-1-2-4-6(5)8(9)10;1-5(2,3)4/h1-4H;. The van der Waals surface area contributed by atoms with Gasteiger partial charge < -0.3 is 0 Å². The second kappa shape index (κ2) is 6.26. The molecule has 0 aliphatic carbocycles. The van der Waals surface area contributed by atoms with Crippen LogP contribution in [0.3, 0.4) is 0 Å². The Morgan fingerprint density at radius 2 is 1.67 bits per heavy atom. The summed E-state index contributed by atoms with van der Waals surface area (Å²) in [5.41, 5.74) is 0.0995. The number of benzene rings is 1. The molecule has 1 aromatic rings. The van der Waals surface area contributed by atoms with Crippen molar-refractivity contribution < 1.29 is 13.3 Å². The first kappa shape index (κ1) is 14.6. The van der Waals surface area contributed by atoms with Crippen LogP contribution in [-0.4, -0.2) is 13.3 Å². The second-order valence-corrected chi connectivity index (χ2v) is 6.61. The van der Waals surface area contributed by atoms with E-state index in [-0.39, 0.29) is 5.69 Å². The molecule has 0 saturated carbocycles. The number of para-hydroxylation sites is 1. The SMILES string of the molecule is O=S(=O)(Cl)Cl.O=[N+]([O-])c1ccccc1Br. The normalized spacial score (nSPS) is 10.1. The van der Waals surface area contributed by atoms with E-state index in [9.17, 15) is 10.1 Å². The van der Waals surface area contributed by atoms with Gasteiger partial charge in [0.15, 0.2) is 0 Å². The molecule has 0 N–H and O–H groups in total. The summed E-state index contributed by atoms with van der Waals surface area (Å²) in [5.74, 6) is 0. The predicted molar refractivity (Wildman–Crippen MR) is 61.4 cm³/mol. The Morgan fingerprint density at radius 3 is 1.93 bits per heavy atom. The largest absolute Gasteiger partial charge is 0.317 e. The molecular formula is C6H4BrCl2NO4S. The Labute approximate surface area is 103 Å². The van der Waals surface area contributed by atoms with E-state index in [2.05, 4.69) is 37.3 Å². The smallest absolute Gasteiger partial charge is 0.258 e. The molecule has 5 nitrogen and oxygen atoms in total. The van der Waals surface area contributed by atoms with Gasteiger partial charge in [-0.2, -0.15) is 8.42 Å². The Hall–Kier alpha value is -0.370. The van der Waals surface area contributed by atoms with Crippen molar-refractivity contribution in [3.05, 3.63) is 38.9 Å². The first-order valence-corrected chi connectivity index (χ1v) is 7.18. The van der Waals surface area contributed by atoms with Gasteiger partial charge in [0, 0.05) is 27.4 Å². The fourth-order valence-corrected chi connectivity index (χ4v) is 1.03. The molecule has 15 heavy (non-hydrogen) atoms. The second-order valence-electron chi connectivity index (χ2n) is 2.09. The lowest BCUT2D eigenvalue weighted by Gasteiger charge is -1.91. The molecule has 84 valence electrons. The van der Waals surface area contributed by atoms with E-state index in [1.165, 1.54) is 6.07 Å². The third-order valence-corrected chi connectivity index (χ3v) is 1.72. The number of rotatable bonds is 1. The summed E-state index contributed by atoms with van der Waals surface area (Å²) in [6.45, 7) is 0. The van der Waals surface area contributed by atoms with Crippen molar-refractivity contribution >= 4 is 51.2 Å². The molecule has 0 amide bonds. The number of nitro benzene ring substituents is 1. The maximum absolute atomic E-state index is 10.2. The molecule has 0 aliphatic heterocycles. The maximum atomic E-state index is 10.2. The highest BCUT2D eigenvalue weighted by atomic mass is 79.9. The van der Waals surface area contributed by atoms with Crippen molar-refractivity contribution in [1.29, 1.82) is 0 Å². The maximum Gasteiger partial charge on any atom is 0.317 e. The lowest BCUT2D eigenvalue weighted by Crippen LogP contribution is -1.87. The van der Waals surface area contributed by atoms with Gasteiger partial charge in [-0.1, -0.05) is 12.1 Å². The van der Waals surface area contributed by atoms with Crippen molar-refractivity contribution in [1.82, 2.24) is 0 Å². The van der Waals surface area contributed by atoms with Crippen molar-refractivity contribution in [2.75, 3.05) is 0 Å². The molecular weight excluding hydrogens is 333 g/mol. The van der Waals surface area contributed by atoms with Crippen molar-refractivity contribution in [3.63, 3.8) is 0 Å². The zero-order chi connectivity index (χ0) is 12.1. The molecule has 1 rings (SSSR count). The van der Waals surface area contributed by atoms with Crippen molar-refractivity contribution in [2.24, 2.45) is 0 Å². The van der Waals surface area contributed by atoms with Gasteiger partial charge in [-0.25, -0.2) is 0 Å². The molecule has 0 saturated heterocycles. The summed E-state index contributed by atoms with van der Waals surface area (Å²) < 4.78 is 18.8. The van der Waals surface area contributed by atoms with Gasteiger partial charge >= 0.3 is 8.26 Å². The van der Waals surface area contributed by atoms with Crippen LogP contribution < -0.4 is 0 Å². The summed E-state index contributed by atoms with van der Waals surface area (Å²) >= 11 is 3.06. The highest BCUT2D eigenvalue weighted by Crippen LogP contribution is 2.22. The number of halogens is 3. The van der Waals surface area contributed by atoms with Crippen molar-refractivity contribution in [2.45, 2.75) is 0 Å². The van der Waals surface area contributed by atoms with Gasteiger partial charge in [0.25, 0.3) is 5.69 Å². The Kier molecular flexibility index (Phi) is 6.11. The van der Waals surface area contributed by atoms with Crippen LogP contribution in [-0.2, 0) is 8.26 Å². The summed E-state index contributed by atoms with van der Waals surface area (Å²) in [4.78, 5) is 9.77. The third-order valence-electron chi connectivity index (χ3n) is 1.05. The van der Waals surface area contributed by atoms with Gasteiger partial charge in [0.05, 0.1) is 9.40 Å². The predicted octanol–water partition coefficient (Wildman–Crippen LogP) is 3.07. The zero-order valence-corrected chi connectivity index (χ0v) is 10.8. The van der Waals surface area contributed by atoms with Crippen LogP contribution in [0.1, 0.15) is 0 Å². The summed E-state index contributed by atoms with van der Waals surface area (Å²) in [7, 11) is 4.81. The van der Waals surface area contributed by atoms with E-state index in [1.807, 2.05) is 0 Å². The van der Waals surface area contributed by atoms with E-state index in [4.69, 9.17) is 8.42 Å². The fourth-order valence-electron chi connectivity index (χ4n) is 0.600. The van der Waals surface area contributed by atoms with Gasteiger partial charge in [-0.3, -0.25) is 10.1 Å². The van der Waals surface area contributed by atoms with Gasteiger partial charge in [0.2, 0.25) is 0 Å². The van der Waals surface area contributed by atoms with Crippen LogP contribution in [0.2, 0.25) is 0 Å². The van der Waals surface area contributed by atoms with Gasteiger partial charge in [-0.05, 0) is 22.0 Å². The Bertz CT molecular complexity index is 442. The fraction of sp³-hybridized carbons (Fsp3) is 0. The molecule has 0 aliphatic rings. The van der Waals surface area contributed by atoms with E-state index in [0.717, 1.165) is 0 Å². The average molecular weight is 337 g/mol. The molecule has 0 atom stereocenters. The highest BCUT2D eigenvalue weighted by molar-refractivity contribution is 9.10. The van der Waals surface area contributed by atoms with Gasteiger partial charge in [0.1, 0.15) is 0 Å². The quantitative estimate of drug-likeness (QED) is 0.448. The topological polar surface area (TPSA) is 77.3 Å². The van der Waals surface area contributed by atoms with Gasteiger partial charge in [-0.15, -0.1) is 0 Å². The Balaban J connectivity index is 0.000000336. The monoisotopic (exact) mass is 335 g/mol. The average Bonchev–Trinajstić information content (AvgIpc) is 2.01. The molecule has 0 spiro atoms. The number of nitro groups is 1. The van der Waals surface area contributed by atoms with Crippen LogP contribution in [0, 0.1) is 10.1 Å². The number of hydrogen-bond donors (Lipinski definition) is 0. The molecule has 0 heterocycles. The minimum Gasteiger partial charge on any atom is -0.258 e. The highest BCUT2D eigenvalue weighted by Gasteiger charge is 2.07. The zero-order valence-electron chi connectivity index (χ0n) is 6.93. The lowest BCUT2D eigenvalue weighted by atomic mass is 10.3. The van der Waals surface area contributed by atoms with Crippen LogP contribution in [0.15, 0.2) is 28.7 Å². The number of hydrogen-bond acceptors (Lipinski definition) is 4.